The highest BCUT2D eigenvalue weighted by Gasteiger charge is 2.50. The molecule has 160 valence electrons. The highest BCUT2D eigenvalue weighted by molar-refractivity contribution is 6.30. The number of hydrogen-bond donors (Lipinski definition) is 1. The van der Waals surface area contributed by atoms with E-state index >= 15 is 0 Å². The first-order valence-corrected chi connectivity index (χ1v) is 11.0. The number of benzene rings is 2. The van der Waals surface area contributed by atoms with Crippen molar-refractivity contribution in [3.05, 3.63) is 64.2 Å². The Morgan fingerprint density at radius 1 is 1.23 bits per heavy atom. The molecular formula is C25H29ClO4. The van der Waals surface area contributed by atoms with Crippen molar-refractivity contribution < 1.29 is 19.4 Å². The number of fused-ring (bicyclic) bond motifs is 3. The number of aromatic carboxylic acids is 1. The van der Waals surface area contributed by atoms with Gasteiger partial charge in [-0.3, -0.25) is 0 Å². The summed E-state index contributed by atoms with van der Waals surface area (Å²) in [6.07, 6.45) is 1.66. The average molecular weight is 429 g/mol. The zero-order valence-corrected chi connectivity index (χ0v) is 18.6. The second-order valence-electron chi connectivity index (χ2n) is 9.49. The molecule has 2 heterocycles. The molecule has 2 aromatic carbocycles. The van der Waals surface area contributed by atoms with Gasteiger partial charge in [0.25, 0.3) is 0 Å². The minimum absolute atomic E-state index is 0.0277. The van der Waals surface area contributed by atoms with Gasteiger partial charge in [0, 0.05) is 22.4 Å². The smallest absolute Gasteiger partial charge is 0.335 e. The molecule has 4 nitrogen and oxygen atoms in total. The Balaban J connectivity index is 1.77. The predicted octanol–water partition coefficient (Wildman–Crippen LogP) is 6.49. The van der Waals surface area contributed by atoms with E-state index in [9.17, 15) is 9.90 Å². The van der Waals surface area contributed by atoms with E-state index in [1.165, 1.54) is 5.56 Å². The van der Waals surface area contributed by atoms with Gasteiger partial charge in [0.05, 0.1) is 17.8 Å². The minimum atomic E-state index is -0.939. The van der Waals surface area contributed by atoms with E-state index in [0.717, 1.165) is 29.2 Å². The molecule has 0 radical (unpaired) electrons. The summed E-state index contributed by atoms with van der Waals surface area (Å²) in [7, 11) is 0. The molecule has 2 aliphatic heterocycles. The first-order valence-electron chi connectivity index (χ1n) is 10.6. The van der Waals surface area contributed by atoms with E-state index in [1.54, 1.807) is 18.2 Å². The number of ether oxygens (including phenoxy) is 2. The topological polar surface area (TPSA) is 55.8 Å². The van der Waals surface area contributed by atoms with Gasteiger partial charge in [0.2, 0.25) is 0 Å². The van der Waals surface area contributed by atoms with Gasteiger partial charge in [-0.2, -0.15) is 0 Å². The summed E-state index contributed by atoms with van der Waals surface area (Å²) in [5.74, 6) is 0.563. The maximum atomic E-state index is 11.6. The van der Waals surface area contributed by atoms with Crippen LogP contribution in [0, 0.1) is 11.8 Å². The largest absolute Gasteiger partial charge is 0.487 e. The van der Waals surface area contributed by atoms with E-state index in [2.05, 4.69) is 33.8 Å². The molecule has 1 fully saturated rings. The Morgan fingerprint density at radius 2 is 2.00 bits per heavy atom. The lowest BCUT2D eigenvalue weighted by Crippen LogP contribution is -2.50. The molecule has 0 aromatic heterocycles. The Bertz CT molecular complexity index is 952. The van der Waals surface area contributed by atoms with E-state index in [0.29, 0.717) is 5.92 Å². The van der Waals surface area contributed by atoms with Crippen LogP contribution in [0.1, 0.15) is 74.0 Å². The summed E-state index contributed by atoms with van der Waals surface area (Å²) in [4.78, 5) is 11.6. The van der Waals surface area contributed by atoms with E-state index in [4.69, 9.17) is 21.1 Å². The predicted molar refractivity (Wildman–Crippen MR) is 117 cm³/mol. The van der Waals surface area contributed by atoms with Crippen LogP contribution < -0.4 is 4.74 Å². The molecule has 4 rings (SSSR count). The zero-order chi connectivity index (χ0) is 21.6. The molecule has 1 saturated heterocycles. The lowest BCUT2D eigenvalue weighted by molar-refractivity contribution is -0.162. The van der Waals surface area contributed by atoms with Gasteiger partial charge in [-0.15, -0.1) is 0 Å². The number of carboxylic acid groups (broad SMARTS) is 1. The van der Waals surface area contributed by atoms with Crippen LogP contribution in [0.5, 0.6) is 5.75 Å². The van der Waals surface area contributed by atoms with Crippen molar-refractivity contribution in [1.29, 1.82) is 0 Å². The van der Waals surface area contributed by atoms with Crippen LogP contribution in [-0.2, 0) is 4.74 Å². The lowest BCUT2D eigenvalue weighted by atomic mass is 9.69. The van der Waals surface area contributed by atoms with Gasteiger partial charge in [0.15, 0.2) is 0 Å². The van der Waals surface area contributed by atoms with E-state index in [-0.39, 0.29) is 29.6 Å². The summed E-state index contributed by atoms with van der Waals surface area (Å²) >= 11 is 6.30. The van der Waals surface area contributed by atoms with Crippen molar-refractivity contribution >= 4 is 17.6 Å². The molecule has 0 amide bonds. The van der Waals surface area contributed by atoms with Crippen LogP contribution in [0.15, 0.2) is 42.5 Å². The first-order chi connectivity index (χ1) is 14.2. The fourth-order valence-corrected chi connectivity index (χ4v) is 5.19. The lowest BCUT2D eigenvalue weighted by Gasteiger charge is -2.51. The van der Waals surface area contributed by atoms with Crippen LogP contribution >= 0.6 is 11.6 Å². The van der Waals surface area contributed by atoms with Crippen molar-refractivity contribution in [3.8, 4) is 5.75 Å². The van der Waals surface area contributed by atoms with Crippen molar-refractivity contribution in [1.82, 2.24) is 0 Å². The summed E-state index contributed by atoms with van der Waals surface area (Å²) in [5.41, 5.74) is 1.86. The van der Waals surface area contributed by atoms with Crippen molar-refractivity contribution in [2.45, 2.75) is 64.3 Å². The van der Waals surface area contributed by atoms with Crippen LogP contribution in [0.3, 0.4) is 0 Å². The Hall–Kier alpha value is -2.04. The quantitative estimate of drug-likeness (QED) is 0.605. The summed E-state index contributed by atoms with van der Waals surface area (Å²) < 4.78 is 13.1. The second kappa shape index (κ2) is 7.90. The third-order valence-corrected chi connectivity index (χ3v) is 6.69. The number of carboxylic acids is 1. The summed E-state index contributed by atoms with van der Waals surface area (Å²) in [5, 5.41) is 10.2. The molecule has 0 unspecified atom stereocenters. The van der Waals surface area contributed by atoms with Crippen LogP contribution in [0.25, 0.3) is 0 Å². The molecule has 2 aliphatic rings. The zero-order valence-electron chi connectivity index (χ0n) is 17.9. The SMILES string of the molecule is CC(C)C[C@@H]1O[C@@H]2c3cc(C(=O)O)ccc3OC(C)(C)[C@H]2C[C@H]1c1cccc(Cl)c1. The van der Waals surface area contributed by atoms with Gasteiger partial charge in [0.1, 0.15) is 11.4 Å². The van der Waals surface area contributed by atoms with E-state index < -0.39 is 11.6 Å². The minimum Gasteiger partial charge on any atom is -0.487 e. The molecular weight excluding hydrogens is 400 g/mol. The molecule has 30 heavy (non-hydrogen) atoms. The third-order valence-electron chi connectivity index (χ3n) is 6.45. The van der Waals surface area contributed by atoms with Crippen molar-refractivity contribution in [2.24, 2.45) is 11.8 Å². The summed E-state index contributed by atoms with van der Waals surface area (Å²) in [6.45, 7) is 8.60. The van der Waals surface area contributed by atoms with Gasteiger partial charge >= 0.3 is 5.97 Å². The number of carbonyl (C=O) groups is 1. The van der Waals surface area contributed by atoms with Crippen LogP contribution in [0.2, 0.25) is 5.02 Å². The fourth-order valence-electron chi connectivity index (χ4n) is 4.99. The average Bonchev–Trinajstić information content (AvgIpc) is 2.66. The second-order valence-corrected chi connectivity index (χ2v) is 9.93. The highest BCUT2D eigenvalue weighted by atomic mass is 35.5. The number of rotatable bonds is 4. The molecule has 4 atom stereocenters. The molecule has 0 aliphatic carbocycles. The van der Waals surface area contributed by atoms with Crippen LogP contribution in [0.4, 0.5) is 0 Å². The molecule has 1 N–H and O–H groups in total. The summed E-state index contributed by atoms with van der Waals surface area (Å²) in [6, 6.07) is 13.1. The molecule has 0 saturated carbocycles. The van der Waals surface area contributed by atoms with Gasteiger partial charge in [-0.1, -0.05) is 37.6 Å². The Morgan fingerprint density at radius 3 is 2.67 bits per heavy atom. The normalized spacial score (nSPS) is 27.1. The highest BCUT2D eigenvalue weighted by Crippen LogP contribution is 2.54. The molecule has 5 heteroatoms. The molecule has 2 aromatic rings. The van der Waals surface area contributed by atoms with E-state index in [1.807, 2.05) is 18.2 Å². The van der Waals surface area contributed by atoms with Gasteiger partial charge < -0.3 is 14.6 Å². The maximum Gasteiger partial charge on any atom is 0.335 e. The van der Waals surface area contributed by atoms with Gasteiger partial charge in [-0.25, -0.2) is 4.79 Å². The van der Waals surface area contributed by atoms with Gasteiger partial charge in [-0.05, 0) is 68.5 Å². The standard InChI is InChI=1S/C25H29ClO4/c1-14(2)10-22-18(15-6-5-7-17(26)11-15)13-20-23(29-22)19-12-16(24(27)28)8-9-21(19)30-25(20,3)4/h5-9,11-12,14,18,20,22-23H,10,13H2,1-4H3,(H,27,28)/t18-,20-,22-,23+/m0/s1. The number of hydrogen-bond acceptors (Lipinski definition) is 3. The third kappa shape index (κ3) is 3.95. The van der Waals surface area contributed by atoms with Crippen molar-refractivity contribution in [2.75, 3.05) is 0 Å². The van der Waals surface area contributed by atoms with Crippen LogP contribution in [-0.4, -0.2) is 22.8 Å². The monoisotopic (exact) mass is 428 g/mol. The Kier molecular flexibility index (Phi) is 5.58. The first kappa shape index (κ1) is 21.2. The molecule has 0 bridgehead atoms. The fraction of sp³-hybridized carbons (Fsp3) is 0.480. The van der Waals surface area contributed by atoms with Crippen molar-refractivity contribution in [3.63, 3.8) is 0 Å². The Labute approximate surface area is 183 Å². The number of halogens is 1. The maximum absolute atomic E-state index is 11.6. The molecule has 0 spiro atoms.